The SMILES string of the molecule is COc1cc(CN(Cc2ccc(OC)c(OCc3ccccc3)c2)C(C)=O)ccc1OCc1ccccc1. The molecule has 4 aromatic rings. The van der Waals surface area contributed by atoms with E-state index in [1.54, 1.807) is 26.0 Å². The average molecular weight is 512 g/mol. The Morgan fingerprint density at radius 2 is 1.05 bits per heavy atom. The van der Waals surface area contributed by atoms with Crippen LogP contribution in [0.15, 0.2) is 97.1 Å². The molecule has 0 aliphatic heterocycles. The van der Waals surface area contributed by atoms with E-state index >= 15 is 0 Å². The zero-order valence-electron chi connectivity index (χ0n) is 22.1. The van der Waals surface area contributed by atoms with Crippen LogP contribution >= 0.6 is 0 Å². The lowest BCUT2D eigenvalue weighted by molar-refractivity contribution is -0.130. The van der Waals surface area contributed by atoms with Crippen LogP contribution in [0.25, 0.3) is 0 Å². The van der Waals surface area contributed by atoms with Crippen LogP contribution in [0, 0.1) is 0 Å². The summed E-state index contributed by atoms with van der Waals surface area (Å²) in [5.74, 6) is 2.54. The summed E-state index contributed by atoms with van der Waals surface area (Å²) >= 11 is 0. The van der Waals surface area contributed by atoms with Crippen molar-refractivity contribution < 1.29 is 23.7 Å². The summed E-state index contributed by atoms with van der Waals surface area (Å²) in [5.41, 5.74) is 4.03. The topological polar surface area (TPSA) is 57.2 Å². The Hall–Kier alpha value is -4.45. The fourth-order valence-electron chi connectivity index (χ4n) is 4.05. The van der Waals surface area contributed by atoms with Gasteiger partial charge in [0.05, 0.1) is 14.2 Å². The van der Waals surface area contributed by atoms with Gasteiger partial charge in [-0.25, -0.2) is 0 Å². The van der Waals surface area contributed by atoms with E-state index in [0.717, 1.165) is 22.3 Å². The van der Waals surface area contributed by atoms with Gasteiger partial charge in [0.15, 0.2) is 23.0 Å². The van der Waals surface area contributed by atoms with E-state index < -0.39 is 0 Å². The second-order valence-corrected chi connectivity index (χ2v) is 8.89. The summed E-state index contributed by atoms with van der Waals surface area (Å²) in [5, 5.41) is 0. The van der Waals surface area contributed by atoms with E-state index in [1.165, 1.54) is 0 Å². The predicted octanol–water partition coefficient (Wildman–Crippen LogP) is 6.41. The molecule has 0 saturated heterocycles. The standard InChI is InChI=1S/C32H33NO5/c1-24(34)33(20-27-15-17-30(31(18-27)36-3)37-22-25-10-6-4-7-11-25)21-28-14-16-29(35-2)32(19-28)38-23-26-12-8-5-9-13-26/h4-19H,20-23H2,1-3H3. The molecule has 4 rings (SSSR count). The summed E-state index contributed by atoms with van der Waals surface area (Å²) in [6, 6.07) is 31.4. The molecule has 0 aliphatic carbocycles. The van der Waals surface area contributed by atoms with Gasteiger partial charge in [0.2, 0.25) is 5.91 Å². The Morgan fingerprint density at radius 1 is 0.579 bits per heavy atom. The Labute approximate surface area is 224 Å². The molecule has 0 saturated carbocycles. The third kappa shape index (κ3) is 7.29. The molecule has 38 heavy (non-hydrogen) atoms. The largest absolute Gasteiger partial charge is 0.493 e. The van der Waals surface area contributed by atoms with Gasteiger partial charge in [0.25, 0.3) is 0 Å². The van der Waals surface area contributed by atoms with Gasteiger partial charge in [-0.3, -0.25) is 4.79 Å². The van der Waals surface area contributed by atoms with Crippen LogP contribution in [0.3, 0.4) is 0 Å². The lowest BCUT2D eigenvalue weighted by Gasteiger charge is -2.23. The van der Waals surface area contributed by atoms with E-state index in [-0.39, 0.29) is 5.91 Å². The fourth-order valence-corrected chi connectivity index (χ4v) is 4.05. The normalized spacial score (nSPS) is 10.5. The van der Waals surface area contributed by atoms with Crippen LogP contribution in [0.1, 0.15) is 29.2 Å². The molecule has 0 atom stereocenters. The van der Waals surface area contributed by atoms with E-state index in [0.29, 0.717) is 49.3 Å². The van der Waals surface area contributed by atoms with Crippen molar-refractivity contribution in [2.75, 3.05) is 14.2 Å². The van der Waals surface area contributed by atoms with Gasteiger partial charge < -0.3 is 23.8 Å². The van der Waals surface area contributed by atoms with Crippen molar-refractivity contribution in [3.8, 4) is 23.0 Å². The van der Waals surface area contributed by atoms with E-state index in [9.17, 15) is 4.79 Å². The molecule has 0 unspecified atom stereocenters. The Morgan fingerprint density at radius 3 is 1.55 bits per heavy atom. The van der Waals surface area contributed by atoms with Gasteiger partial charge in [0, 0.05) is 20.0 Å². The predicted molar refractivity (Wildman–Crippen MR) is 147 cm³/mol. The minimum absolute atomic E-state index is 0.0315. The van der Waals surface area contributed by atoms with Gasteiger partial charge in [-0.1, -0.05) is 72.8 Å². The molecular formula is C32H33NO5. The highest BCUT2D eigenvalue weighted by Crippen LogP contribution is 2.31. The Bertz CT molecular complexity index is 1320. The molecule has 6 heteroatoms. The molecule has 0 radical (unpaired) electrons. The number of ether oxygens (including phenoxy) is 4. The fraction of sp³-hybridized carbons (Fsp3) is 0.219. The average Bonchev–Trinajstić information content (AvgIpc) is 2.96. The minimum Gasteiger partial charge on any atom is -0.493 e. The monoisotopic (exact) mass is 511 g/mol. The Balaban J connectivity index is 1.45. The number of hydrogen-bond donors (Lipinski definition) is 0. The lowest BCUT2D eigenvalue weighted by atomic mass is 10.1. The maximum atomic E-state index is 12.6. The number of hydrogen-bond acceptors (Lipinski definition) is 5. The van der Waals surface area contributed by atoms with Gasteiger partial charge in [-0.15, -0.1) is 0 Å². The van der Waals surface area contributed by atoms with Crippen molar-refractivity contribution in [3.05, 3.63) is 119 Å². The maximum Gasteiger partial charge on any atom is 0.220 e. The molecular weight excluding hydrogens is 478 g/mol. The summed E-state index contributed by atoms with van der Waals surface area (Å²) in [4.78, 5) is 14.3. The number of carbonyl (C=O) groups is 1. The zero-order valence-corrected chi connectivity index (χ0v) is 22.1. The first-order chi connectivity index (χ1) is 18.6. The molecule has 196 valence electrons. The second-order valence-electron chi connectivity index (χ2n) is 8.89. The molecule has 0 spiro atoms. The van der Waals surface area contributed by atoms with Crippen LogP contribution in [0.4, 0.5) is 0 Å². The molecule has 0 N–H and O–H groups in total. The summed E-state index contributed by atoms with van der Waals surface area (Å²) in [7, 11) is 3.23. The molecule has 0 aromatic heterocycles. The van der Waals surface area contributed by atoms with Crippen LogP contribution in [0.2, 0.25) is 0 Å². The van der Waals surface area contributed by atoms with Gasteiger partial charge >= 0.3 is 0 Å². The highest BCUT2D eigenvalue weighted by molar-refractivity contribution is 5.73. The van der Waals surface area contributed by atoms with Gasteiger partial charge in [-0.2, -0.15) is 0 Å². The van der Waals surface area contributed by atoms with E-state index in [2.05, 4.69) is 0 Å². The zero-order chi connectivity index (χ0) is 26.7. The third-order valence-electron chi connectivity index (χ3n) is 6.12. The highest BCUT2D eigenvalue weighted by atomic mass is 16.5. The molecule has 1 amide bonds. The number of methoxy groups -OCH3 is 2. The van der Waals surface area contributed by atoms with Crippen molar-refractivity contribution in [1.29, 1.82) is 0 Å². The first-order valence-corrected chi connectivity index (χ1v) is 12.5. The summed E-state index contributed by atoms with van der Waals surface area (Å²) in [6.45, 7) is 3.30. The van der Waals surface area contributed by atoms with Crippen molar-refractivity contribution in [1.82, 2.24) is 4.90 Å². The van der Waals surface area contributed by atoms with Crippen molar-refractivity contribution >= 4 is 5.91 Å². The molecule has 0 fully saturated rings. The summed E-state index contributed by atoms with van der Waals surface area (Å²) in [6.07, 6.45) is 0. The van der Waals surface area contributed by atoms with Crippen molar-refractivity contribution in [2.45, 2.75) is 33.2 Å². The van der Waals surface area contributed by atoms with Crippen LogP contribution < -0.4 is 18.9 Å². The molecule has 6 nitrogen and oxygen atoms in total. The number of amides is 1. The first-order valence-electron chi connectivity index (χ1n) is 12.5. The number of benzene rings is 4. The van der Waals surface area contributed by atoms with E-state index in [4.69, 9.17) is 18.9 Å². The van der Waals surface area contributed by atoms with Crippen molar-refractivity contribution in [2.24, 2.45) is 0 Å². The lowest BCUT2D eigenvalue weighted by Crippen LogP contribution is -2.27. The number of carbonyl (C=O) groups excluding carboxylic acids is 1. The van der Waals surface area contributed by atoms with Crippen molar-refractivity contribution in [3.63, 3.8) is 0 Å². The summed E-state index contributed by atoms with van der Waals surface area (Å²) < 4.78 is 23.1. The number of rotatable bonds is 12. The Kier molecular flexibility index (Phi) is 9.24. The minimum atomic E-state index is -0.0315. The number of nitrogens with zero attached hydrogens (tertiary/aromatic N) is 1. The molecule has 4 aromatic carbocycles. The van der Waals surface area contributed by atoms with Gasteiger partial charge in [-0.05, 0) is 46.5 Å². The van der Waals surface area contributed by atoms with Crippen LogP contribution in [-0.2, 0) is 31.1 Å². The van der Waals surface area contributed by atoms with E-state index in [1.807, 2.05) is 97.1 Å². The highest BCUT2D eigenvalue weighted by Gasteiger charge is 2.15. The molecule has 0 aliphatic rings. The molecule has 0 bridgehead atoms. The molecule has 0 heterocycles. The first kappa shape index (κ1) is 26.6. The third-order valence-corrected chi connectivity index (χ3v) is 6.12. The van der Waals surface area contributed by atoms with Gasteiger partial charge in [0.1, 0.15) is 13.2 Å². The van der Waals surface area contributed by atoms with Crippen LogP contribution in [0.5, 0.6) is 23.0 Å². The second kappa shape index (κ2) is 13.2. The van der Waals surface area contributed by atoms with Crippen LogP contribution in [-0.4, -0.2) is 25.0 Å². The maximum absolute atomic E-state index is 12.6. The smallest absolute Gasteiger partial charge is 0.220 e. The quantitative estimate of drug-likeness (QED) is 0.220.